The smallest absolute Gasteiger partial charge is 0.187 e. The van der Waals surface area contributed by atoms with Crippen LogP contribution in [0.2, 0.25) is 0 Å². The predicted molar refractivity (Wildman–Crippen MR) is 75.4 cm³/mol. The third-order valence-corrected chi connectivity index (χ3v) is 3.63. The second-order valence-corrected chi connectivity index (χ2v) is 5.20. The van der Waals surface area contributed by atoms with E-state index in [1.165, 1.54) is 0 Å². The van der Waals surface area contributed by atoms with Gasteiger partial charge in [-0.15, -0.1) is 0 Å². The molecule has 0 atom stereocenters. The molecule has 0 aliphatic heterocycles. The zero-order chi connectivity index (χ0) is 11.9. The van der Waals surface area contributed by atoms with Gasteiger partial charge < -0.3 is 5.32 Å². The zero-order valence-corrected chi connectivity index (χ0v) is 11.5. The van der Waals surface area contributed by atoms with Gasteiger partial charge in [-0.2, -0.15) is 0 Å². The maximum atomic E-state index is 4.16. The van der Waals surface area contributed by atoms with Crippen LogP contribution in [-0.2, 0) is 0 Å². The van der Waals surface area contributed by atoms with Gasteiger partial charge >= 0.3 is 0 Å². The monoisotopic (exact) mass is 309 g/mol. The Morgan fingerprint density at radius 3 is 2.65 bits per heavy atom. The molecule has 0 aliphatic rings. The van der Waals surface area contributed by atoms with Crippen molar-refractivity contribution >= 4 is 33.4 Å². The summed E-state index contributed by atoms with van der Waals surface area (Å²) in [6, 6.07) is 9.91. The van der Waals surface area contributed by atoms with Crippen LogP contribution in [0.1, 0.15) is 0 Å². The first-order chi connectivity index (χ1) is 8.36. The molecule has 2 aromatic rings. The Kier molecular flexibility index (Phi) is 4.82. The van der Waals surface area contributed by atoms with Crippen LogP contribution in [0.5, 0.6) is 0 Å². The van der Waals surface area contributed by atoms with Crippen LogP contribution in [0.25, 0.3) is 0 Å². The summed E-state index contributed by atoms with van der Waals surface area (Å²) in [5.74, 6) is 0.936. The molecule has 0 spiro atoms. The van der Waals surface area contributed by atoms with Crippen LogP contribution >= 0.6 is 27.7 Å². The van der Waals surface area contributed by atoms with Gasteiger partial charge in [-0.25, -0.2) is 9.97 Å². The van der Waals surface area contributed by atoms with Crippen molar-refractivity contribution in [2.24, 2.45) is 0 Å². The van der Waals surface area contributed by atoms with Gasteiger partial charge in [0.05, 0.1) is 0 Å². The lowest BCUT2D eigenvalue weighted by atomic mass is 10.3. The highest BCUT2D eigenvalue weighted by molar-refractivity contribution is 9.10. The lowest BCUT2D eigenvalue weighted by Gasteiger charge is -2.07. The molecule has 0 unspecified atom stereocenters. The molecule has 1 N–H and O–H groups in total. The van der Waals surface area contributed by atoms with Gasteiger partial charge in [-0.05, 0) is 34.1 Å². The molecule has 17 heavy (non-hydrogen) atoms. The van der Waals surface area contributed by atoms with E-state index < -0.39 is 0 Å². The van der Waals surface area contributed by atoms with Crippen molar-refractivity contribution in [3.63, 3.8) is 0 Å². The minimum Gasteiger partial charge on any atom is -0.383 e. The summed E-state index contributed by atoms with van der Waals surface area (Å²) in [7, 11) is 0. The summed E-state index contributed by atoms with van der Waals surface area (Å²) >= 11 is 5.14. The van der Waals surface area contributed by atoms with Crippen molar-refractivity contribution in [3.05, 3.63) is 47.2 Å². The van der Waals surface area contributed by atoms with E-state index in [1.807, 2.05) is 30.3 Å². The van der Waals surface area contributed by atoms with E-state index in [9.17, 15) is 0 Å². The fraction of sp³-hybridized carbons (Fsp3) is 0.167. The van der Waals surface area contributed by atoms with Gasteiger partial charge in [0.2, 0.25) is 0 Å². The van der Waals surface area contributed by atoms with Gasteiger partial charge in [0.1, 0.15) is 0 Å². The highest BCUT2D eigenvalue weighted by atomic mass is 79.9. The number of halogens is 1. The lowest BCUT2D eigenvalue weighted by molar-refractivity contribution is 0.966. The SMILES string of the molecule is Brc1ccccc1NCCSc1ncccn1. The molecule has 0 fully saturated rings. The van der Waals surface area contributed by atoms with Crippen molar-refractivity contribution in [1.82, 2.24) is 9.97 Å². The van der Waals surface area contributed by atoms with Crippen molar-refractivity contribution in [3.8, 4) is 0 Å². The van der Waals surface area contributed by atoms with Gasteiger partial charge in [-0.3, -0.25) is 0 Å². The second kappa shape index (κ2) is 6.61. The molecule has 0 aliphatic carbocycles. The summed E-state index contributed by atoms with van der Waals surface area (Å²) in [6.07, 6.45) is 3.52. The van der Waals surface area contributed by atoms with Crippen LogP contribution in [0.3, 0.4) is 0 Å². The van der Waals surface area contributed by atoms with Crippen molar-refractivity contribution in [2.75, 3.05) is 17.6 Å². The molecule has 0 saturated heterocycles. The molecule has 1 aromatic carbocycles. The Bertz CT molecular complexity index is 464. The summed E-state index contributed by atoms with van der Waals surface area (Å²) in [6.45, 7) is 0.880. The predicted octanol–water partition coefficient (Wildman–Crippen LogP) is 3.44. The van der Waals surface area contributed by atoms with Crippen LogP contribution in [0, 0.1) is 0 Å². The molecule has 1 heterocycles. The maximum absolute atomic E-state index is 4.16. The third-order valence-electron chi connectivity index (χ3n) is 2.06. The topological polar surface area (TPSA) is 37.8 Å². The van der Waals surface area contributed by atoms with E-state index in [-0.39, 0.29) is 0 Å². The van der Waals surface area contributed by atoms with E-state index >= 15 is 0 Å². The minimum atomic E-state index is 0.821. The number of hydrogen-bond donors (Lipinski definition) is 1. The van der Waals surface area contributed by atoms with Gasteiger partial charge in [0, 0.05) is 34.9 Å². The Labute approximate surface area is 113 Å². The summed E-state index contributed by atoms with van der Waals surface area (Å²) in [5.41, 5.74) is 1.11. The molecule has 0 bridgehead atoms. The fourth-order valence-corrected chi connectivity index (χ4v) is 2.37. The highest BCUT2D eigenvalue weighted by Crippen LogP contribution is 2.21. The molecule has 0 saturated carbocycles. The highest BCUT2D eigenvalue weighted by Gasteiger charge is 1.98. The number of benzene rings is 1. The molecule has 1 aromatic heterocycles. The zero-order valence-electron chi connectivity index (χ0n) is 9.14. The largest absolute Gasteiger partial charge is 0.383 e. The molecule has 3 nitrogen and oxygen atoms in total. The second-order valence-electron chi connectivity index (χ2n) is 3.29. The summed E-state index contributed by atoms with van der Waals surface area (Å²) < 4.78 is 1.08. The van der Waals surface area contributed by atoms with E-state index in [0.29, 0.717) is 0 Å². The first-order valence-electron chi connectivity index (χ1n) is 5.24. The van der Waals surface area contributed by atoms with Crippen molar-refractivity contribution in [1.29, 1.82) is 0 Å². The van der Waals surface area contributed by atoms with E-state index in [4.69, 9.17) is 0 Å². The first kappa shape index (κ1) is 12.4. The van der Waals surface area contributed by atoms with Crippen molar-refractivity contribution in [2.45, 2.75) is 5.16 Å². The van der Waals surface area contributed by atoms with Crippen LogP contribution in [-0.4, -0.2) is 22.3 Å². The van der Waals surface area contributed by atoms with Crippen molar-refractivity contribution < 1.29 is 0 Å². The number of para-hydroxylation sites is 1. The Morgan fingerprint density at radius 2 is 1.88 bits per heavy atom. The van der Waals surface area contributed by atoms with Gasteiger partial charge in [0.15, 0.2) is 5.16 Å². The number of aromatic nitrogens is 2. The maximum Gasteiger partial charge on any atom is 0.187 e. The third kappa shape index (κ3) is 4.02. The summed E-state index contributed by atoms with van der Waals surface area (Å²) in [4.78, 5) is 8.31. The Hall–Kier alpha value is -1.07. The van der Waals surface area contributed by atoms with Crippen LogP contribution < -0.4 is 5.32 Å². The number of anilines is 1. The normalized spacial score (nSPS) is 10.2. The molecule has 2 rings (SSSR count). The van der Waals surface area contributed by atoms with Gasteiger partial charge in [0.25, 0.3) is 0 Å². The van der Waals surface area contributed by atoms with Crippen LogP contribution in [0.4, 0.5) is 5.69 Å². The Balaban J connectivity index is 1.76. The molecular formula is C12H12BrN3S. The summed E-state index contributed by atoms with van der Waals surface area (Å²) in [5, 5.41) is 4.18. The Morgan fingerprint density at radius 1 is 1.12 bits per heavy atom. The number of nitrogens with one attached hydrogen (secondary N) is 1. The van der Waals surface area contributed by atoms with E-state index in [2.05, 4.69) is 31.2 Å². The van der Waals surface area contributed by atoms with E-state index in [0.717, 1.165) is 27.6 Å². The quantitative estimate of drug-likeness (QED) is 0.521. The lowest BCUT2D eigenvalue weighted by Crippen LogP contribution is -2.04. The number of thioether (sulfide) groups is 1. The molecular weight excluding hydrogens is 298 g/mol. The van der Waals surface area contributed by atoms with Crippen LogP contribution in [0.15, 0.2) is 52.4 Å². The standard InChI is InChI=1S/C12H12BrN3S/c13-10-4-1-2-5-11(10)14-8-9-17-12-15-6-3-7-16-12/h1-7,14H,8-9H2. The number of hydrogen-bond acceptors (Lipinski definition) is 4. The van der Waals surface area contributed by atoms with E-state index in [1.54, 1.807) is 24.2 Å². The molecule has 0 amide bonds. The molecule has 0 radical (unpaired) electrons. The van der Waals surface area contributed by atoms with Gasteiger partial charge in [-0.1, -0.05) is 23.9 Å². The molecule has 88 valence electrons. The number of nitrogens with zero attached hydrogens (tertiary/aromatic N) is 2. The fourth-order valence-electron chi connectivity index (χ4n) is 1.29. The number of rotatable bonds is 5. The molecule has 5 heteroatoms. The average Bonchev–Trinajstić information content (AvgIpc) is 2.38. The average molecular weight is 310 g/mol. The minimum absolute atomic E-state index is 0.821. The first-order valence-corrected chi connectivity index (χ1v) is 7.02.